The normalized spacial score (nSPS) is 12.8. The van der Waals surface area contributed by atoms with Gasteiger partial charge in [-0.25, -0.2) is 4.98 Å². The lowest BCUT2D eigenvalue weighted by Crippen LogP contribution is -2.16. The van der Waals surface area contributed by atoms with Crippen molar-refractivity contribution >= 4 is 17.4 Å². The summed E-state index contributed by atoms with van der Waals surface area (Å²) in [5.41, 5.74) is 8.10. The fourth-order valence-electron chi connectivity index (χ4n) is 1.63. The molecule has 18 heavy (non-hydrogen) atoms. The lowest BCUT2D eigenvalue weighted by Gasteiger charge is -2.08. The van der Waals surface area contributed by atoms with E-state index in [0.29, 0.717) is 17.4 Å². The van der Waals surface area contributed by atoms with Gasteiger partial charge in [0, 0.05) is 29.8 Å². The third kappa shape index (κ3) is 2.91. The highest BCUT2D eigenvalue weighted by Crippen LogP contribution is 2.15. The van der Waals surface area contributed by atoms with Crippen LogP contribution in [0.1, 0.15) is 18.2 Å². The molecule has 0 aliphatic heterocycles. The molecule has 2 heterocycles. The van der Waals surface area contributed by atoms with Gasteiger partial charge in [0.15, 0.2) is 0 Å². The van der Waals surface area contributed by atoms with Gasteiger partial charge in [-0.3, -0.25) is 9.20 Å². The number of hydrogen-bond donors (Lipinski definition) is 1. The molecule has 5 heteroatoms. The summed E-state index contributed by atoms with van der Waals surface area (Å²) in [4.78, 5) is 16.4. The van der Waals surface area contributed by atoms with Crippen LogP contribution in [-0.4, -0.2) is 21.2 Å². The molecule has 1 unspecified atom stereocenters. The Kier molecular flexibility index (Phi) is 4.04. The number of nitrogens with two attached hydrogens (primary N) is 1. The maximum Gasteiger partial charge on any atom is 0.258 e. The highest BCUT2D eigenvalue weighted by Gasteiger charge is 2.05. The summed E-state index contributed by atoms with van der Waals surface area (Å²) in [6, 6.07) is 5.43. The Balaban J connectivity index is 2.32. The van der Waals surface area contributed by atoms with Gasteiger partial charge in [-0.05, 0) is 18.6 Å². The molecule has 0 bridgehead atoms. The van der Waals surface area contributed by atoms with E-state index in [4.69, 9.17) is 5.73 Å². The number of nitrogens with zero attached hydrogens (tertiary/aromatic N) is 2. The first-order valence-electron chi connectivity index (χ1n) is 5.91. The minimum absolute atomic E-state index is 0.0281. The zero-order valence-electron chi connectivity index (χ0n) is 10.6. The first-order valence-corrected chi connectivity index (χ1v) is 6.95. The van der Waals surface area contributed by atoms with Gasteiger partial charge in [-0.2, -0.15) is 11.8 Å². The van der Waals surface area contributed by atoms with Crippen LogP contribution in [0.25, 0.3) is 5.65 Å². The Morgan fingerprint density at radius 1 is 1.50 bits per heavy atom. The molecule has 96 valence electrons. The molecule has 0 saturated carbocycles. The molecule has 0 aromatic carbocycles. The molecule has 2 rings (SSSR count). The lowest BCUT2D eigenvalue weighted by molar-refractivity contribution is 0.946. The third-order valence-corrected chi connectivity index (χ3v) is 3.93. The Morgan fingerprint density at radius 2 is 2.28 bits per heavy atom. The standard InChI is InChI=1S/C13H17N3OS/c1-9-3-4-12-15-11(8-18-10(2)6-14)5-13(17)16(12)7-9/h3-5,7,10H,6,8,14H2,1-2H3. The van der Waals surface area contributed by atoms with E-state index in [9.17, 15) is 4.79 Å². The van der Waals surface area contributed by atoms with Gasteiger partial charge in [0.25, 0.3) is 5.56 Å². The van der Waals surface area contributed by atoms with E-state index in [1.54, 1.807) is 22.2 Å². The number of thioether (sulfide) groups is 1. The van der Waals surface area contributed by atoms with Crippen LogP contribution in [0.4, 0.5) is 0 Å². The second-order valence-electron chi connectivity index (χ2n) is 4.38. The molecular weight excluding hydrogens is 246 g/mol. The number of fused-ring (bicyclic) bond motifs is 1. The van der Waals surface area contributed by atoms with Gasteiger partial charge in [0.1, 0.15) is 5.65 Å². The van der Waals surface area contributed by atoms with Crippen molar-refractivity contribution in [3.8, 4) is 0 Å². The maximum atomic E-state index is 12.0. The second-order valence-corrected chi connectivity index (χ2v) is 5.80. The molecule has 1 atom stereocenters. The number of aryl methyl sites for hydroxylation is 1. The Labute approximate surface area is 110 Å². The predicted molar refractivity (Wildman–Crippen MR) is 76.0 cm³/mol. The molecule has 2 N–H and O–H groups in total. The Bertz CT molecular complexity index is 609. The molecule has 0 amide bonds. The molecule has 0 saturated heterocycles. The molecule has 0 aliphatic rings. The average molecular weight is 263 g/mol. The van der Waals surface area contributed by atoms with Gasteiger partial charge in [0.2, 0.25) is 0 Å². The summed E-state index contributed by atoms with van der Waals surface area (Å²) in [7, 11) is 0. The van der Waals surface area contributed by atoms with Crippen molar-refractivity contribution in [1.29, 1.82) is 0 Å². The van der Waals surface area contributed by atoms with Crippen LogP contribution < -0.4 is 11.3 Å². The molecule has 0 fully saturated rings. The topological polar surface area (TPSA) is 60.4 Å². The summed E-state index contributed by atoms with van der Waals surface area (Å²) in [5, 5.41) is 0.378. The number of aromatic nitrogens is 2. The number of pyridine rings is 1. The fraction of sp³-hybridized carbons (Fsp3) is 0.385. The van der Waals surface area contributed by atoms with Gasteiger partial charge in [-0.1, -0.05) is 13.0 Å². The van der Waals surface area contributed by atoms with Crippen LogP contribution in [0, 0.1) is 6.92 Å². The molecule has 0 aliphatic carbocycles. The van der Waals surface area contributed by atoms with Crippen LogP contribution in [0.15, 0.2) is 29.2 Å². The van der Waals surface area contributed by atoms with Crippen LogP contribution in [0.5, 0.6) is 0 Å². The van der Waals surface area contributed by atoms with Gasteiger partial charge in [0.05, 0.1) is 5.69 Å². The predicted octanol–water partition coefficient (Wildman–Crippen LogP) is 1.58. The van der Waals surface area contributed by atoms with Crippen molar-refractivity contribution in [1.82, 2.24) is 9.38 Å². The second kappa shape index (κ2) is 5.54. The minimum Gasteiger partial charge on any atom is -0.329 e. The average Bonchev–Trinajstić information content (AvgIpc) is 2.37. The third-order valence-electron chi connectivity index (χ3n) is 2.71. The van der Waals surface area contributed by atoms with E-state index >= 15 is 0 Å². The van der Waals surface area contributed by atoms with Crippen LogP contribution in [0.2, 0.25) is 0 Å². The van der Waals surface area contributed by atoms with Crippen molar-refractivity contribution in [2.45, 2.75) is 24.9 Å². The Morgan fingerprint density at radius 3 is 3.00 bits per heavy atom. The summed E-state index contributed by atoms with van der Waals surface area (Å²) >= 11 is 1.71. The quantitative estimate of drug-likeness (QED) is 0.910. The smallest absolute Gasteiger partial charge is 0.258 e. The van der Waals surface area contributed by atoms with Crippen molar-refractivity contribution in [2.75, 3.05) is 6.54 Å². The van der Waals surface area contributed by atoms with Crippen molar-refractivity contribution in [3.05, 3.63) is 46.0 Å². The first-order chi connectivity index (χ1) is 8.60. The summed E-state index contributed by atoms with van der Waals surface area (Å²) < 4.78 is 1.58. The SMILES string of the molecule is Cc1ccc2nc(CSC(C)CN)cc(=O)n2c1. The van der Waals surface area contributed by atoms with Crippen LogP contribution in [-0.2, 0) is 5.75 Å². The number of rotatable bonds is 4. The highest BCUT2D eigenvalue weighted by atomic mass is 32.2. The van der Waals surface area contributed by atoms with Gasteiger partial charge >= 0.3 is 0 Å². The van der Waals surface area contributed by atoms with E-state index < -0.39 is 0 Å². The lowest BCUT2D eigenvalue weighted by atomic mass is 10.3. The van der Waals surface area contributed by atoms with E-state index in [2.05, 4.69) is 11.9 Å². The zero-order valence-corrected chi connectivity index (χ0v) is 11.4. The molecular formula is C13H17N3OS. The Hall–Kier alpha value is -1.33. The van der Waals surface area contributed by atoms with Gasteiger partial charge in [-0.15, -0.1) is 0 Å². The molecule has 2 aromatic rings. The summed E-state index contributed by atoms with van der Waals surface area (Å²) in [5.74, 6) is 0.720. The van der Waals surface area contributed by atoms with Crippen LogP contribution in [0.3, 0.4) is 0 Å². The highest BCUT2D eigenvalue weighted by molar-refractivity contribution is 7.99. The number of hydrogen-bond acceptors (Lipinski definition) is 4. The van der Waals surface area contributed by atoms with E-state index in [-0.39, 0.29) is 5.56 Å². The summed E-state index contributed by atoms with van der Waals surface area (Å²) in [6.45, 7) is 4.66. The largest absolute Gasteiger partial charge is 0.329 e. The fourth-order valence-corrected chi connectivity index (χ4v) is 2.37. The maximum absolute atomic E-state index is 12.0. The van der Waals surface area contributed by atoms with Crippen LogP contribution >= 0.6 is 11.8 Å². The molecule has 0 spiro atoms. The van der Waals surface area contributed by atoms with Crippen molar-refractivity contribution in [3.63, 3.8) is 0 Å². The summed E-state index contributed by atoms with van der Waals surface area (Å²) in [6.07, 6.45) is 1.81. The minimum atomic E-state index is -0.0281. The molecule has 2 aromatic heterocycles. The zero-order chi connectivity index (χ0) is 13.1. The monoisotopic (exact) mass is 263 g/mol. The van der Waals surface area contributed by atoms with E-state index in [1.807, 2.05) is 25.3 Å². The first kappa shape index (κ1) is 13.1. The van der Waals surface area contributed by atoms with E-state index in [0.717, 1.165) is 17.0 Å². The van der Waals surface area contributed by atoms with Crippen molar-refractivity contribution < 1.29 is 0 Å². The van der Waals surface area contributed by atoms with Crippen molar-refractivity contribution in [2.24, 2.45) is 5.73 Å². The van der Waals surface area contributed by atoms with E-state index in [1.165, 1.54) is 0 Å². The molecule has 4 nitrogen and oxygen atoms in total. The van der Waals surface area contributed by atoms with Gasteiger partial charge < -0.3 is 5.73 Å². The molecule has 0 radical (unpaired) electrons.